The van der Waals surface area contributed by atoms with Gasteiger partial charge in [-0.1, -0.05) is 11.8 Å². The quantitative estimate of drug-likeness (QED) is 0.480. The fourth-order valence-corrected chi connectivity index (χ4v) is 2.41. The Morgan fingerprint density at radius 2 is 2.26 bits per heavy atom. The van der Waals surface area contributed by atoms with Gasteiger partial charge in [-0.05, 0) is 12.7 Å². The molecule has 1 aliphatic rings. The van der Waals surface area contributed by atoms with E-state index in [2.05, 4.69) is 15.3 Å². The first-order valence-electron chi connectivity index (χ1n) is 6.99. The van der Waals surface area contributed by atoms with Crippen molar-refractivity contribution in [1.82, 2.24) is 14.9 Å². The van der Waals surface area contributed by atoms with Gasteiger partial charge in [0.15, 0.2) is 5.16 Å². The van der Waals surface area contributed by atoms with Gasteiger partial charge in [0.2, 0.25) is 5.91 Å². The molecule has 0 aromatic carbocycles. The summed E-state index contributed by atoms with van der Waals surface area (Å²) in [4.78, 5) is 20.7. The summed E-state index contributed by atoms with van der Waals surface area (Å²) in [7, 11) is 0. The van der Waals surface area contributed by atoms with E-state index in [0.717, 1.165) is 6.20 Å². The van der Waals surface area contributed by atoms with Crippen LogP contribution in [0.5, 0.6) is 0 Å². The molecule has 1 amide bonds. The number of morpholine rings is 1. The van der Waals surface area contributed by atoms with Gasteiger partial charge in [-0.25, -0.2) is 9.97 Å². The molecule has 1 saturated heterocycles. The molecular formula is C13H17F3N4O2S. The molecule has 0 aliphatic carbocycles. The van der Waals surface area contributed by atoms with Crippen molar-refractivity contribution in [3.63, 3.8) is 0 Å². The Balaban J connectivity index is 1.92. The highest BCUT2D eigenvalue weighted by Crippen LogP contribution is 2.33. The van der Waals surface area contributed by atoms with Crippen molar-refractivity contribution in [1.29, 1.82) is 0 Å². The number of hydrogen-bond donors (Lipinski definition) is 1. The number of halogens is 3. The zero-order chi connectivity index (χ0) is 16.9. The van der Waals surface area contributed by atoms with Gasteiger partial charge in [0.05, 0.1) is 6.61 Å². The van der Waals surface area contributed by atoms with Gasteiger partial charge in [-0.2, -0.15) is 13.2 Å². The number of anilines is 1. The summed E-state index contributed by atoms with van der Waals surface area (Å²) in [6, 6.07) is 0. The van der Waals surface area contributed by atoms with E-state index in [4.69, 9.17) is 4.74 Å². The van der Waals surface area contributed by atoms with Crippen LogP contribution in [0.3, 0.4) is 0 Å². The molecule has 0 spiro atoms. The normalized spacial score (nSPS) is 15.8. The van der Waals surface area contributed by atoms with Crippen molar-refractivity contribution in [3.05, 3.63) is 11.8 Å². The van der Waals surface area contributed by atoms with Crippen LogP contribution in [0.4, 0.5) is 19.0 Å². The Labute approximate surface area is 135 Å². The highest BCUT2D eigenvalue weighted by Gasteiger charge is 2.35. The molecule has 1 fully saturated rings. The van der Waals surface area contributed by atoms with Crippen LogP contribution in [-0.2, 0) is 15.7 Å². The first kappa shape index (κ1) is 17.8. The standard InChI is InChI=1S/C13H17F3N4O2S/c1-23-12-18-7-9(13(14,15)16)11(19-12)17-3-2-4-20-5-6-22-8-10(20)21/h7H,2-6,8H2,1H3,(H,17,18,19). The Morgan fingerprint density at radius 3 is 2.91 bits per heavy atom. The van der Waals surface area contributed by atoms with Crippen LogP contribution in [0.1, 0.15) is 12.0 Å². The summed E-state index contributed by atoms with van der Waals surface area (Å²) in [5.41, 5.74) is -0.891. The molecule has 0 saturated carbocycles. The van der Waals surface area contributed by atoms with Crippen LogP contribution >= 0.6 is 11.8 Å². The summed E-state index contributed by atoms with van der Waals surface area (Å²) >= 11 is 1.17. The summed E-state index contributed by atoms with van der Waals surface area (Å²) in [5.74, 6) is -0.330. The molecule has 1 N–H and O–H groups in total. The van der Waals surface area contributed by atoms with E-state index in [9.17, 15) is 18.0 Å². The molecule has 1 aromatic rings. The lowest BCUT2D eigenvalue weighted by Gasteiger charge is -2.26. The van der Waals surface area contributed by atoms with Crippen LogP contribution in [0.15, 0.2) is 11.4 Å². The van der Waals surface area contributed by atoms with Crippen LogP contribution in [-0.4, -0.2) is 59.9 Å². The maximum absolute atomic E-state index is 12.9. The molecule has 2 heterocycles. The molecule has 1 aliphatic heterocycles. The van der Waals surface area contributed by atoms with E-state index >= 15 is 0 Å². The topological polar surface area (TPSA) is 67.3 Å². The molecule has 10 heteroatoms. The molecule has 0 unspecified atom stereocenters. The van der Waals surface area contributed by atoms with Gasteiger partial charge >= 0.3 is 6.18 Å². The maximum atomic E-state index is 12.9. The molecule has 0 atom stereocenters. The number of hydrogen-bond acceptors (Lipinski definition) is 6. The molecular weight excluding hydrogens is 333 g/mol. The molecule has 6 nitrogen and oxygen atoms in total. The summed E-state index contributed by atoms with van der Waals surface area (Å²) in [6.45, 7) is 1.81. The van der Waals surface area contributed by atoms with Crippen molar-refractivity contribution in [3.8, 4) is 0 Å². The second-order valence-electron chi connectivity index (χ2n) is 4.83. The van der Waals surface area contributed by atoms with Crippen LogP contribution in [0.2, 0.25) is 0 Å². The molecule has 128 valence electrons. The third-order valence-corrected chi connectivity index (χ3v) is 3.80. The summed E-state index contributed by atoms with van der Waals surface area (Å²) < 4.78 is 43.8. The second-order valence-corrected chi connectivity index (χ2v) is 5.60. The average molecular weight is 350 g/mol. The monoisotopic (exact) mass is 350 g/mol. The van der Waals surface area contributed by atoms with E-state index in [1.165, 1.54) is 11.8 Å². The predicted molar refractivity (Wildman–Crippen MR) is 79.3 cm³/mol. The third-order valence-electron chi connectivity index (χ3n) is 3.24. The number of amides is 1. The third kappa shape index (κ3) is 4.96. The van der Waals surface area contributed by atoms with Crippen molar-refractivity contribution < 1.29 is 22.7 Å². The highest BCUT2D eigenvalue weighted by molar-refractivity contribution is 7.98. The zero-order valence-electron chi connectivity index (χ0n) is 12.5. The van der Waals surface area contributed by atoms with Gasteiger partial charge in [0, 0.05) is 25.8 Å². The zero-order valence-corrected chi connectivity index (χ0v) is 13.3. The molecule has 2 rings (SSSR count). The Morgan fingerprint density at radius 1 is 1.48 bits per heavy atom. The second kappa shape index (κ2) is 7.82. The lowest BCUT2D eigenvalue weighted by Crippen LogP contribution is -2.42. The first-order valence-corrected chi connectivity index (χ1v) is 8.22. The minimum absolute atomic E-state index is 0.0641. The number of rotatable bonds is 6. The Bertz CT molecular complexity index is 557. The molecule has 0 radical (unpaired) electrons. The number of nitrogens with one attached hydrogen (secondary N) is 1. The largest absolute Gasteiger partial charge is 0.421 e. The number of aromatic nitrogens is 2. The summed E-state index contributed by atoms with van der Waals surface area (Å²) in [6.07, 6.45) is -1.52. The van der Waals surface area contributed by atoms with Gasteiger partial charge < -0.3 is 15.0 Å². The number of carbonyl (C=O) groups is 1. The summed E-state index contributed by atoms with van der Waals surface area (Å²) in [5, 5.41) is 2.96. The first-order chi connectivity index (χ1) is 10.9. The van der Waals surface area contributed by atoms with Crippen LogP contribution < -0.4 is 5.32 Å². The highest BCUT2D eigenvalue weighted by atomic mass is 32.2. The molecule has 1 aromatic heterocycles. The van der Waals surface area contributed by atoms with Crippen molar-refractivity contribution in [2.75, 3.05) is 44.4 Å². The fourth-order valence-electron chi connectivity index (χ4n) is 2.07. The van der Waals surface area contributed by atoms with E-state index in [0.29, 0.717) is 26.1 Å². The van der Waals surface area contributed by atoms with Crippen LogP contribution in [0.25, 0.3) is 0 Å². The van der Waals surface area contributed by atoms with E-state index in [1.54, 1.807) is 11.2 Å². The van der Waals surface area contributed by atoms with Gasteiger partial charge in [-0.15, -0.1) is 0 Å². The lowest BCUT2D eigenvalue weighted by molar-refractivity contribution is -0.142. The Hall–Kier alpha value is -1.55. The van der Waals surface area contributed by atoms with Gasteiger partial charge in [-0.3, -0.25) is 4.79 Å². The molecule has 0 bridgehead atoms. The predicted octanol–water partition coefficient (Wildman–Crippen LogP) is 1.88. The number of carbonyl (C=O) groups excluding carboxylic acids is 1. The fraction of sp³-hybridized carbons (Fsp3) is 0.615. The SMILES string of the molecule is CSc1ncc(C(F)(F)F)c(NCCCN2CCOCC2=O)n1. The van der Waals surface area contributed by atoms with E-state index in [1.807, 2.05) is 0 Å². The minimum atomic E-state index is -4.51. The number of thioether (sulfide) groups is 1. The Kier molecular flexibility index (Phi) is 6.05. The molecule has 23 heavy (non-hydrogen) atoms. The van der Waals surface area contributed by atoms with Crippen molar-refractivity contribution >= 4 is 23.5 Å². The smallest absolute Gasteiger partial charge is 0.370 e. The van der Waals surface area contributed by atoms with Crippen molar-refractivity contribution in [2.24, 2.45) is 0 Å². The number of ether oxygens (including phenoxy) is 1. The maximum Gasteiger partial charge on any atom is 0.421 e. The van der Waals surface area contributed by atoms with Crippen molar-refractivity contribution in [2.45, 2.75) is 17.8 Å². The minimum Gasteiger partial charge on any atom is -0.370 e. The van der Waals surface area contributed by atoms with Gasteiger partial charge in [0.1, 0.15) is 18.0 Å². The average Bonchev–Trinajstić information content (AvgIpc) is 2.52. The van der Waals surface area contributed by atoms with Gasteiger partial charge in [0.25, 0.3) is 0 Å². The van der Waals surface area contributed by atoms with Crippen LogP contribution in [0, 0.1) is 0 Å². The van der Waals surface area contributed by atoms with E-state index in [-0.39, 0.29) is 30.0 Å². The number of alkyl halides is 3. The lowest BCUT2D eigenvalue weighted by atomic mass is 10.3. The number of nitrogens with zero attached hydrogens (tertiary/aromatic N) is 3. The van der Waals surface area contributed by atoms with E-state index < -0.39 is 11.7 Å².